The van der Waals surface area contributed by atoms with Crippen LogP contribution in [0.3, 0.4) is 0 Å². The Morgan fingerprint density at radius 1 is 1.16 bits per heavy atom. The lowest BCUT2D eigenvalue weighted by molar-refractivity contribution is 0.0192. The highest BCUT2D eigenvalue weighted by molar-refractivity contribution is 7.86. The van der Waals surface area contributed by atoms with Crippen LogP contribution in [0.2, 0.25) is 0 Å². The fourth-order valence-corrected chi connectivity index (χ4v) is 4.82. The fraction of sp³-hybridized carbons (Fsp3) is 0.375. The van der Waals surface area contributed by atoms with Gasteiger partial charge in [-0.1, -0.05) is 0 Å². The predicted molar refractivity (Wildman–Crippen MR) is 129 cm³/mol. The van der Waals surface area contributed by atoms with Gasteiger partial charge < -0.3 is 10.1 Å². The van der Waals surface area contributed by atoms with E-state index in [0.29, 0.717) is 31.1 Å². The van der Waals surface area contributed by atoms with Gasteiger partial charge in [-0.05, 0) is 31.5 Å². The van der Waals surface area contributed by atoms with Gasteiger partial charge in [-0.3, -0.25) is 4.72 Å². The normalized spacial score (nSPS) is 18.7. The Bertz CT molecular complexity index is 1330. The van der Waals surface area contributed by atoms with Crippen molar-refractivity contribution in [1.29, 1.82) is 0 Å². The Kier molecular flexibility index (Phi) is 8.51. The van der Waals surface area contributed by atoms with Crippen molar-refractivity contribution < 1.29 is 35.3 Å². The molecule has 38 heavy (non-hydrogen) atoms. The van der Waals surface area contributed by atoms with Crippen LogP contribution in [0, 0.1) is 17.5 Å². The SMILES string of the molecule is CC(F)(F)CCS(=O)Nc1c(F)cc(Oc2ncccc2-c2ccnc(C3CNCC(F)C3)n2)c(F)c1F. The molecule has 1 aliphatic rings. The molecule has 3 unspecified atom stereocenters. The summed E-state index contributed by atoms with van der Waals surface area (Å²) in [5.41, 5.74) is -0.524. The first kappa shape index (κ1) is 27.8. The van der Waals surface area contributed by atoms with E-state index in [0.717, 1.165) is 0 Å². The highest BCUT2D eigenvalue weighted by atomic mass is 32.2. The smallest absolute Gasteiger partial charge is 0.246 e. The molecule has 1 aliphatic heterocycles. The first-order chi connectivity index (χ1) is 18.0. The summed E-state index contributed by atoms with van der Waals surface area (Å²) < 4.78 is 103. The molecule has 4 rings (SSSR count). The molecule has 2 N–H and O–H groups in total. The Balaban J connectivity index is 1.58. The molecule has 1 saturated heterocycles. The van der Waals surface area contributed by atoms with Crippen LogP contribution >= 0.6 is 0 Å². The number of piperidine rings is 1. The summed E-state index contributed by atoms with van der Waals surface area (Å²) >= 11 is 0. The molecular weight excluding hydrogens is 536 g/mol. The van der Waals surface area contributed by atoms with Gasteiger partial charge in [0.1, 0.15) is 28.7 Å². The van der Waals surface area contributed by atoms with E-state index in [1.807, 2.05) is 4.72 Å². The highest BCUT2D eigenvalue weighted by Gasteiger charge is 2.27. The molecule has 0 radical (unpaired) electrons. The fourth-order valence-electron chi connectivity index (χ4n) is 3.76. The minimum atomic E-state index is -3.13. The predicted octanol–water partition coefficient (Wildman–Crippen LogP) is 5.28. The molecule has 0 bridgehead atoms. The lowest BCUT2D eigenvalue weighted by atomic mass is 9.97. The zero-order chi connectivity index (χ0) is 27.4. The van der Waals surface area contributed by atoms with E-state index in [1.165, 1.54) is 18.5 Å². The second kappa shape index (κ2) is 11.6. The average molecular weight is 560 g/mol. The molecule has 0 aliphatic carbocycles. The molecule has 0 amide bonds. The zero-order valence-electron chi connectivity index (χ0n) is 20.0. The quantitative estimate of drug-likeness (QED) is 0.274. The second-order valence-electron chi connectivity index (χ2n) is 8.78. The zero-order valence-corrected chi connectivity index (χ0v) is 20.8. The molecule has 1 aromatic carbocycles. The Labute approximate surface area is 216 Å². The average Bonchev–Trinajstić information content (AvgIpc) is 2.88. The van der Waals surface area contributed by atoms with Crippen molar-refractivity contribution in [3.8, 4) is 22.9 Å². The number of alkyl halides is 3. The van der Waals surface area contributed by atoms with Gasteiger partial charge in [0.05, 0.1) is 11.3 Å². The first-order valence-electron chi connectivity index (χ1n) is 11.5. The third-order valence-electron chi connectivity index (χ3n) is 5.66. The van der Waals surface area contributed by atoms with Crippen molar-refractivity contribution in [3.63, 3.8) is 0 Å². The van der Waals surface area contributed by atoms with Crippen LogP contribution in [0.15, 0.2) is 36.7 Å². The summed E-state index contributed by atoms with van der Waals surface area (Å²) in [4.78, 5) is 12.7. The van der Waals surface area contributed by atoms with Gasteiger partial charge >= 0.3 is 0 Å². The lowest BCUT2D eigenvalue weighted by Gasteiger charge is -2.24. The summed E-state index contributed by atoms with van der Waals surface area (Å²) in [6, 6.07) is 5.13. The van der Waals surface area contributed by atoms with Crippen LogP contribution < -0.4 is 14.8 Å². The molecule has 204 valence electrons. The number of hydrogen-bond acceptors (Lipinski definition) is 6. The molecule has 1 fully saturated rings. The molecule has 3 heterocycles. The van der Waals surface area contributed by atoms with E-state index in [4.69, 9.17) is 4.74 Å². The van der Waals surface area contributed by atoms with E-state index in [-0.39, 0.29) is 30.3 Å². The Hall–Kier alpha value is -3.26. The summed E-state index contributed by atoms with van der Waals surface area (Å²) in [5, 5.41) is 2.97. The minimum Gasteiger partial charge on any atom is -0.435 e. The maximum absolute atomic E-state index is 14.8. The van der Waals surface area contributed by atoms with Crippen LogP contribution in [0.4, 0.5) is 32.0 Å². The lowest BCUT2D eigenvalue weighted by Crippen LogP contribution is -2.36. The Morgan fingerprint density at radius 3 is 2.68 bits per heavy atom. The van der Waals surface area contributed by atoms with Crippen molar-refractivity contribution in [2.45, 2.75) is 37.8 Å². The maximum atomic E-state index is 14.8. The van der Waals surface area contributed by atoms with Crippen molar-refractivity contribution in [2.24, 2.45) is 0 Å². The summed E-state index contributed by atoms with van der Waals surface area (Å²) in [6.45, 7) is 1.34. The molecular formula is C24H23F6N5O2S. The number of benzene rings is 1. The number of hydrogen-bond donors (Lipinski definition) is 2. The number of aromatic nitrogens is 3. The van der Waals surface area contributed by atoms with E-state index in [1.54, 1.807) is 12.1 Å². The molecule has 3 atom stereocenters. The highest BCUT2D eigenvalue weighted by Crippen LogP contribution is 2.36. The van der Waals surface area contributed by atoms with Crippen LogP contribution in [0.25, 0.3) is 11.3 Å². The monoisotopic (exact) mass is 559 g/mol. The van der Waals surface area contributed by atoms with Crippen LogP contribution in [-0.4, -0.2) is 50.1 Å². The largest absolute Gasteiger partial charge is 0.435 e. The van der Waals surface area contributed by atoms with Crippen LogP contribution in [-0.2, 0) is 11.0 Å². The second-order valence-corrected chi connectivity index (χ2v) is 10.1. The molecule has 0 spiro atoms. The number of nitrogens with zero attached hydrogens (tertiary/aromatic N) is 3. The van der Waals surface area contributed by atoms with E-state index in [9.17, 15) is 30.6 Å². The van der Waals surface area contributed by atoms with Gasteiger partial charge in [-0.2, -0.15) is 4.39 Å². The first-order valence-corrected chi connectivity index (χ1v) is 12.8. The van der Waals surface area contributed by atoms with Gasteiger partial charge in [0.25, 0.3) is 0 Å². The van der Waals surface area contributed by atoms with Crippen molar-refractivity contribution in [1.82, 2.24) is 20.3 Å². The molecule has 14 heteroatoms. The molecule has 3 aromatic rings. The summed E-state index contributed by atoms with van der Waals surface area (Å²) in [5.74, 6) is -9.47. The van der Waals surface area contributed by atoms with E-state index >= 15 is 0 Å². The number of ether oxygens (including phenoxy) is 1. The van der Waals surface area contributed by atoms with Crippen molar-refractivity contribution >= 4 is 16.7 Å². The molecule has 2 aromatic heterocycles. The Morgan fingerprint density at radius 2 is 1.95 bits per heavy atom. The van der Waals surface area contributed by atoms with Crippen molar-refractivity contribution in [2.75, 3.05) is 23.6 Å². The van der Waals surface area contributed by atoms with Gasteiger partial charge in [0.15, 0.2) is 17.4 Å². The van der Waals surface area contributed by atoms with Gasteiger partial charge in [0, 0.05) is 49.6 Å². The van der Waals surface area contributed by atoms with Gasteiger partial charge in [-0.15, -0.1) is 0 Å². The van der Waals surface area contributed by atoms with Gasteiger partial charge in [-0.25, -0.2) is 41.1 Å². The van der Waals surface area contributed by atoms with Gasteiger partial charge in [0.2, 0.25) is 17.6 Å². The third kappa shape index (κ3) is 6.78. The van der Waals surface area contributed by atoms with Crippen LogP contribution in [0.1, 0.15) is 31.5 Å². The molecule has 0 saturated carbocycles. The van der Waals surface area contributed by atoms with Crippen molar-refractivity contribution in [3.05, 3.63) is 59.9 Å². The summed E-state index contributed by atoms with van der Waals surface area (Å²) in [7, 11) is -2.30. The number of rotatable bonds is 9. The minimum absolute atomic E-state index is 0.227. The van der Waals surface area contributed by atoms with E-state index in [2.05, 4.69) is 20.3 Å². The van der Waals surface area contributed by atoms with Crippen LogP contribution in [0.5, 0.6) is 11.6 Å². The maximum Gasteiger partial charge on any atom is 0.246 e. The topological polar surface area (TPSA) is 89.0 Å². The number of pyridine rings is 1. The third-order valence-corrected chi connectivity index (χ3v) is 6.66. The van der Waals surface area contributed by atoms with E-state index < -0.39 is 64.1 Å². The summed E-state index contributed by atoms with van der Waals surface area (Å²) in [6.07, 6.45) is 1.16. The number of nitrogens with one attached hydrogen (secondary N) is 2. The number of anilines is 1. The molecule has 7 nitrogen and oxygen atoms in total. The standard InChI is InChI=1S/C24H23F6N5O2S/c1-24(29,30)5-8-38(36)35-21-16(26)10-18(19(27)20(21)28)37-23-15(3-2-6-33-23)17-4-7-32-22(34-17)13-9-14(25)12-31-11-13/h2-4,6-7,10,13-14,31,35H,5,8-9,11-12H2,1H3. The number of halogens is 6.